The molecule has 1 heterocycles. The molecule has 4 nitrogen and oxygen atoms in total. The van der Waals surface area contributed by atoms with Gasteiger partial charge in [0, 0.05) is 24.0 Å². The van der Waals surface area contributed by atoms with Gasteiger partial charge in [0.15, 0.2) is 0 Å². The Kier molecular flexibility index (Phi) is 4.47. The predicted octanol–water partition coefficient (Wildman–Crippen LogP) is 3.02. The van der Waals surface area contributed by atoms with E-state index in [9.17, 15) is 4.79 Å². The molecule has 1 aromatic heterocycles. The fourth-order valence-corrected chi connectivity index (χ4v) is 2.54. The maximum absolute atomic E-state index is 11.6. The van der Waals surface area contributed by atoms with Crippen LogP contribution in [-0.4, -0.2) is 17.7 Å². The van der Waals surface area contributed by atoms with E-state index in [4.69, 9.17) is 4.74 Å². The number of carbonyl (C=O) groups is 1. The van der Waals surface area contributed by atoms with Gasteiger partial charge < -0.3 is 15.4 Å². The van der Waals surface area contributed by atoms with Crippen LogP contribution in [0.25, 0.3) is 0 Å². The smallest absolute Gasteiger partial charge is 0.407 e. The minimum atomic E-state index is -0.449. The lowest BCUT2D eigenvalue weighted by atomic mass is 10.2. The zero-order chi connectivity index (χ0) is 13.9. The maximum atomic E-state index is 11.6. The van der Waals surface area contributed by atoms with Gasteiger partial charge in [-0.05, 0) is 50.6 Å². The number of thiophene rings is 1. The minimum absolute atomic E-state index is 0.361. The molecule has 1 aliphatic carbocycles. The SMILES string of the molecule is CC(C)(C)OC(=O)NCc1ccsc1CNC1CC1. The van der Waals surface area contributed by atoms with E-state index in [2.05, 4.69) is 22.1 Å². The Hall–Kier alpha value is -1.07. The van der Waals surface area contributed by atoms with Crippen LogP contribution in [0.15, 0.2) is 11.4 Å². The molecule has 0 unspecified atom stereocenters. The van der Waals surface area contributed by atoms with Crippen molar-refractivity contribution >= 4 is 17.4 Å². The molecule has 106 valence electrons. The van der Waals surface area contributed by atoms with E-state index in [1.807, 2.05) is 20.8 Å². The summed E-state index contributed by atoms with van der Waals surface area (Å²) in [6.07, 6.45) is 2.22. The van der Waals surface area contributed by atoms with E-state index in [1.54, 1.807) is 11.3 Å². The Morgan fingerprint density at radius 2 is 2.16 bits per heavy atom. The van der Waals surface area contributed by atoms with Crippen molar-refractivity contribution in [2.75, 3.05) is 0 Å². The standard InChI is InChI=1S/C14H22N2O2S/c1-14(2,3)18-13(17)16-8-10-6-7-19-12(10)9-15-11-4-5-11/h6-7,11,15H,4-5,8-9H2,1-3H3,(H,16,17). The van der Waals surface area contributed by atoms with Crippen LogP contribution >= 0.6 is 11.3 Å². The molecular formula is C14H22N2O2S. The molecular weight excluding hydrogens is 260 g/mol. The summed E-state index contributed by atoms with van der Waals surface area (Å²) in [5.74, 6) is 0. The van der Waals surface area contributed by atoms with Crippen molar-refractivity contribution in [1.29, 1.82) is 0 Å². The molecule has 1 aliphatic rings. The van der Waals surface area contributed by atoms with Crippen LogP contribution < -0.4 is 10.6 Å². The molecule has 1 fully saturated rings. The van der Waals surface area contributed by atoms with Gasteiger partial charge in [-0.2, -0.15) is 0 Å². The van der Waals surface area contributed by atoms with Crippen molar-refractivity contribution in [3.05, 3.63) is 21.9 Å². The number of carbonyl (C=O) groups excluding carboxylic acids is 1. The molecule has 0 spiro atoms. The summed E-state index contributed by atoms with van der Waals surface area (Å²) in [6.45, 7) is 7.01. The summed E-state index contributed by atoms with van der Waals surface area (Å²) in [6, 6.07) is 2.76. The van der Waals surface area contributed by atoms with Crippen molar-refractivity contribution in [3.8, 4) is 0 Å². The average molecular weight is 282 g/mol. The second-order valence-electron chi connectivity index (χ2n) is 5.88. The summed E-state index contributed by atoms with van der Waals surface area (Å²) in [4.78, 5) is 12.9. The quantitative estimate of drug-likeness (QED) is 0.873. The molecule has 0 atom stereocenters. The van der Waals surface area contributed by atoms with Gasteiger partial charge in [0.05, 0.1) is 0 Å². The monoisotopic (exact) mass is 282 g/mol. The Morgan fingerprint density at radius 1 is 1.42 bits per heavy atom. The van der Waals surface area contributed by atoms with E-state index >= 15 is 0 Å². The highest BCUT2D eigenvalue weighted by Crippen LogP contribution is 2.22. The van der Waals surface area contributed by atoms with Crippen LogP contribution in [0.4, 0.5) is 4.79 Å². The molecule has 0 aliphatic heterocycles. The summed E-state index contributed by atoms with van der Waals surface area (Å²) < 4.78 is 5.22. The first-order valence-corrected chi connectivity index (χ1v) is 7.57. The highest BCUT2D eigenvalue weighted by Gasteiger charge is 2.21. The number of alkyl carbamates (subject to hydrolysis) is 1. The second-order valence-corrected chi connectivity index (χ2v) is 6.88. The van der Waals surface area contributed by atoms with Gasteiger partial charge in [-0.3, -0.25) is 0 Å². The van der Waals surface area contributed by atoms with E-state index in [-0.39, 0.29) is 6.09 Å². The van der Waals surface area contributed by atoms with Gasteiger partial charge in [0.2, 0.25) is 0 Å². The third-order valence-electron chi connectivity index (χ3n) is 2.79. The van der Waals surface area contributed by atoms with Crippen molar-refractivity contribution < 1.29 is 9.53 Å². The summed E-state index contributed by atoms with van der Waals surface area (Å²) in [7, 11) is 0. The van der Waals surface area contributed by atoms with Crippen molar-refractivity contribution in [2.24, 2.45) is 0 Å². The van der Waals surface area contributed by atoms with Crippen LogP contribution in [0.3, 0.4) is 0 Å². The lowest BCUT2D eigenvalue weighted by molar-refractivity contribution is 0.0523. The number of amides is 1. The lowest BCUT2D eigenvalue weighted by Crippen LogP contribution is -2.32. The Labute approximate surface area is 118 Å². The number of hydrogen-bond donors (Lipinski definition) is 2. The molecule has 0 radical (unpaired) electrons. The van der Waals surface area contributed by atoms with E-state index in [0.717, 1.165) is 6.54 Å². The zero-order valence-corrected chi connectivity index (χ0v) is 12.6. The largest absolute Gasteiger partial charge is 0.444 e. The third kappa shape index (κ3) is 5.20. The topological polar surface area (TPSA) is 50.4 Å². The number of ether oxygens (including phenoxy) is 1. The van der Waals surface area contributed by atoms with Crippen molar-refractivity contribution in [3.63, 3.8) is 0 Å². The van der Waals surface area contributed by atoms with E-state index < -0.39 is 5.60 Å². The Balaban J connectivity index is 1.78. The highest BCUT2D eigenvalue weighted by atomic mass is 32.1. The first-order valence-electron chi connectivity index (χ1n) is 6.69. The summed E-state index contributed by atoms with van der Waals surface area (Å²) in [5.41, 5.74) is 0.721. The van der Waals surface area contributed by atoms with Crippen LogP contribution in [0.2, 0.25) is 0 Å². The zero-order valence-electron chi connectivity index (χ0n) is 11.8. The van der Waals surface area contributed by atoms with Crippen LogP contribution in [0.1, 0.15) is 44.1 Å². The van der Waals surface area contributed by atoms with Gasteiger partial charge in [-0.15, -0.1) is 11.3 Å². The Morgan fingerprint density at radius 3 is 2.79 bits per heavy atom. The van der Waals surface area contributed by atoms with Gasteiger partial charge in [0.25, 0.3) is 0 Å². The lowest BCUT2D eigenvalue weighted by Gasteiger charge is -2.19. The predicted molar refractivity (Wildman–Crippen MR) is 77.3 cm³/mol. The molecule has 2 rings (SSSR count). The van der Waals surface area contributed by atoms with E-state index in [0.29, 0.717) is 12.6 Å². The molecule has 5 heteroatoms. The fourth-order valence-electron chi connectivity index (χ4n) is 1.69. The highest BCUT2D eigenvalue weighted by molar-refractivity contribution is 7.10. The molecule has 0 saturated heterocycles. The number of nitrogens with one attached hydrogen (secondary N) is 2. The molecule has 0 bridgehead atoms. The third-order valence-corrected chi connectivity index (χ3v) is 3.75. The number of hydrogen-bond acceptors (Lipinski definition) is 4. The maximum Gasteiger partial charge on any atom is 0.407 e. The van der Waals surface area contributed by atoms with Crippen LogP contribution in [0.5, 0.6) is 0 Å². The molecule has 1 amide bonds. The second kappa shape index (κ2) is 5.92. The summed E-state index contributed by atoms with van der Waals surface area (Å²) >= 11 is 1.73. The van der Waals surface area contributed by atoms with Crippen molar-refractivity contribution in [2.45, 2.75) is 58.3 Å². The molecule has 1 saturated carbocycles. The minimum Gasteiger partial charge on any atom is -0.444 e. The van der Waals surface area contributed by atoms with Crippen LogP contribution in [0, 0.1) is 0 Å². The number of rotatable bonds is 5. The molecule has 0 aromatic carbocycles. The van der Waals surface area contributed by atoms with E-state index in [1.165, 1.54) is 23.3 Å². The molecule has 2 N–H and O–H groups in total. The molecule has 19 heavy (non-hydrogen) atoms. The normalized spacial score (nSPS) is 15.3. The fraction of sp³-hybridized carbons (Fsp3) is 0.643. The van der Waals surface area contributed by atoms with Gasteiger partial charge in [0.1, 0.15) is 5.60 Å². The van der Waals surface area contributed by atoms with Crippen LogP contribution in [-0.2, 0) is 17.8 Å². The Bertz CT molecular complexity index is 433. The van der Waals surface area contributed by atoms with Gasteiger partial charge in [-0.1, -0.05) is 0 Å². The van der Waals surface area contributed by atoms with Gasteiger partial charge >= 0.3 is 6.09 Å². The first-order chi connectivity index (χ1) is 8.94. The van der Waals surface area contributed by atoms with Gasteiger partial charge in [-0.25, -0.2) is 4.79 Å². The molecule has 1 aromatic rings. The summed E-state index contributed by atoms with van der Waals surface area (Å²) in [5, 5.41) is 8.36. The average Bonchev–Trinajstić information content (AvgIpc) is 3.01. The van der Waals surface area contributed by atoms with Crippen molar-refractivity contribution in [1.82, 2.24) is 10.6 Å². The first kappa shape index (κ1) is 14.3.